The molecule has 3 heteroatoms. The van der Waals surface area contributed by atoms with E-state index >= 15 is 0 Å². The molecular weight excluding hydrogens is 715 g/mol. The van der Waals surface area contributed by atoms with Gasteiger partial charge in [0.2, 0.25) is 0 Å². The molecule has 6 bridgehead atoms. The van der Waals surface area contributed by atoms with Gasteiger partial charge >= 0.3 is 0 Å². The highest BCUT2D eigenvalue weighted by molar-refractivity contribution is 6.29. The zero-order valence-corrected chi connectivity index (χ0v) is 35.7. The second-order valence-electron chi connectivity index (χ2n) is 17.9. The number of para-hydroxylation sites is 1. The van der Waals surface area contributed by atoms with E-state index in [9.17, 15) is 0 Å². The molecule has 0 radical (unpaired) electrons. The largest absolute Gasteiger partial charge is 0.310 e. The van der Waals surface area contributed by atoms with Crippen molar-refractivity contribution in [1.29, 1.82) is 0 Å². The summed E-state index contributed by atoms with van der Waals surface area (Å²) in [6, 6.07) is 55.2. The molecule has 9 aromatic rings. The molecule has 0 spiro atoms. The molecule has 9 aromatic carbocycles. The van der Waals surface area contributed by atoms with E-state index in [1.54, 1.807) is 0 Å². The lowest BCUT2D eigenvalue weighted by Crippen LogP contribution is -2.19. The van der Waals surface area contributed by atoms with Gasteiger partial charge in [-0.05, 0) is 146 Å². The third kappa shape index (κ3) is 5.94. The van der Waals surface area contributed by atoms with Crippen LogP contribution in [-0.2, 0) is 5.41 Å². The van der Waals surface area contributed by atoms with Crippen LogP contribution in [0.1, 0.15) is 59.7 Å². The SMILES string of the molecule is Cc1cc(C)c(N2c3cccc(c3)N(c3ccccc3)c3cccc(c3)N(c3c(C)cc(C)cc3C)c3cc2c2ccc4cc(C(C)(C)C)cc5ccc3c2c45)c(C)c1. The van der Waals surface area contributed by atoms with Crippen molar-refractivity contribution in [2.24, 2.45) is 0 Å². The molecule has 0 atom stereocenters. The van der Waals surface area contributed by atoms with Crippen LogP contribution in [0.15, 0.2) is 146 Å². The lowest BCUT2D eigenvalue weighted by atomic mass is 9.83. The van der Waals surface area contributed by atoms with Crippen LogP contribution in [0.4, 0.5) is 51.2 Å². The van der Waals surface area contributed by atoms with E-state index in [1.165, 1.54) is 82.6 Å². The maximum absolute atomic E-state index is 2.55. The van der Waals surface area contributed by atoms with Crippen molar-refractivity contribution < 1.29 is 0 Å². The minimum absolute atomic E-state index is 0.0206. The monoisotopic (exact) mass is 765 g/mol. The number of benzene rings is 9. The van der Waals surface area contributed by atoms with E-state index in [-0.39, 0.29) is 5.41 Å². The Balaban J connectivity index is 1.43. The van der Waals surface area contributed by atoms with Gasteiger partial charge in [0.1, 0.15) is 0 Å². The fourth-order valence-corrected chi connectivity index (χ4v) is 10.1. The number of hydrogen-bond acceptors (Lipinski definition) is 3. The first-order valence-electron chi connectivity index (χ1n) is 20.9. The van der Waals surface area contributed by atoms with Crippen LogP contribution in [-0.4, -0.2) is 0 Å². The molecule has 0 saturated carbocycles. The van der Waals surface area contributed by atoms with Crippen molar-refractivity contribution in [2.75, 3.05) is 14.7 Å². The van der Waals surface area contributed by atoms with Crippen LogP contribution in [0, 0.1) is 41.5 Å². The number of fused-ring (bicyclic) bond motifs is 8. The summed E-state index contributed by atoms with van der Waals surface area (Å²) in [5.41, 5.74) is 19.1. The maximum Gasteiger partial charge on any atom is 0.0561 e. The van der Waals surface area contributed by atoms with E-state index in [0.717, 1.165) is 39.8 Å². The number of aryl methyl sites for hydroxylation is 6. The Labute approximate surface area is 349 Å². The Morgan fingerprint density at radius 1 is 0.356 bits per heavy atom. The van der Waals surface area contributed by atoms with Crippen molar-refractivity contribution in [1.82, 2.24) is 0 Å². The minimum Gasteiger partial charge on any atom is -0.310 e. The third-order valence-electron chi connectivity index (χ3n) is 12.4. The normalized spacial score (nSPS) is 13.1. The van der Waals surface area contributed by atoms with Gasteiger partial charge in [-0.1, -0.05) is 123 Å². The predicted octanol–water partition coefficient (Wildman–Crippen LogP) is 16.5. The molecule has 0 fully saturated rings. The molecule has 1 heterocycles. The highest BCUT2D eigenvalue weighted by Gasteiger charge is 2.29. The first-order chi connectivity index (χ1) is 28.4. The molecule has 0 aliphatic carbocycles. The standard InChI is InChI=1S/C56H51N3/c1-34-25-36(3)54(37(4)26-34)58-46-19-13-17-44(31-46)57(43-15-11-10-12-16-43)45-18-14-20-47(32-45)59(55-38(5)27-35(2)28-39(55)6)51-33-50(58)48-23-21-40-29-42(56(7,8)9)30-41-22-24-49(51)53(48)52(40)41/h10-33H,1-9H3. The molecule has 0 saturated heterocycles. The number of hydrogen-bond donors (Lipinski definition) is 0. The summed E-state index contributed by atoms with van der Waals surface area (Å²) in [6.45, 7) is 20.4. The lowest BCUT2D eigenvalue weighted by molar-refractivity contribution is 0.591. The van der Waals surface area contributed by atoms with Crippen molar-refractivity contribution in [3.05, 3.63) is 185 Å². The highest BCUT2D eigenvalue weighted by Crippen LogP contribution is 2.53. The van der Waals surface area contributed by atoms with Gasteiger partial charge in [0.25, 0.3) is 0 Å². The molecule has 1 aliphatic heterocycles. The summed E-state index contributed by atoms with van der Waals surface area (Å²) in [7, 11) is 0. The van der Waals surface area contributed by atoms with Gasteiger partial charge in [0.05, 0.1) is 22.7 Å². The Morgan fingerprint density at radius 3 is 1.19 bits per heavy atom. The second-order valence-corrected chi connectivity index (χ2v) is 17.9. The summed E-state index contributed by atoms with van der Waals surface area (Å²) in [5, 5.41) is 7.64. The summed E-state index contributed by atoms with van der Waals surface area (Å²) in [6.07, 6.45) is 0. The highest BCUT2D eigenvalue weighted by atomic mass is 15.2. The zero-order valence-electron chi connectivity index (χ0n) is 35.7. The third-order valence-corrected chi connectivity index (χ3v) is 12.4. The predicted molar refractivity (Wildman–Crippen MR) is 255 cm³/mol. The first kappa shape index (κ1) is 36.7. The van der Waals surface area contributed by atoms with Crippen molar-refractivity contribution >= 4 is 83.5 Å². The van der Waals surface area contributed by atoms with Crippen LogP contribution in [0.3, 0.4) is 0 Å². The van der Waals surface area contributed by atoms with Gasteiger partial charge < -0.3 is 14.7 Å². The van der Waals surface area contributed by atoms with Gasteiger partial charge in [0, 0.05) is 44.6 Å². The molecule has 0 amide bonds. The Bertz CT molecular complexity index is 2890. The van der Waals surface area contributed by atoms with Gasteiger partial charge in [-0.15, -0.1) is 0 Å². The quantitative estimate of drug-likeness (QED) is 0.166. The average molecular weight is 766 g/mol. The zero-order chi connectivity index (χ0) is 40.9. The van der Waals surface area contributed by atoms with Gasteiger partial charge in [-0.2, -0.15) is 0 Å². The van der Waals surface area contributed by atoms with E-state index in [0.29, 0.717) is 0 Å². The Morgan fingerprint density at radius 2 is 0.763 bits per heavy atom. The first-order valence-corrected chi connectivity index (χ1v) is 20.9. The van der Waals surface area contributed by atoms with Crippen LogP contribution < -0.4 is 14.7 Å². The molecule has 290 valence electrons. The molecule has 1 aliphatic rings. The van der Waals surface area contributed by atoms with Gasteiger partial charge in [0.15, 0.2) is 0 Å². The smallest absolute Gasteiger partial charge is 0.0561 e. The van der Waals surface area contributed by atoms with Crippen LogP contribution in [0.5, 0.6) is 0 Å². The molecule has 0 aromatic heterocycles. The fraction of sp³-hybridized carbons (Fsp3) is 0.179. The summed E-state index contributed by atoms with van der Waals surface area (Å²) < 4.78 is 0. The van der Waals surface area contributed by atoms with E-state index < -0.39 is 0 Å². The van der Waals surface area contributed by atoms with E-state index in [4.69, 9.17) is 0 Å². The minimum atomic E-state index is 0.0206. The van der Waals surface area contributed by atoms with Crippen LogP contribution in [0.2, 0.25) is 0 Å². The lowest BCUT2D eigenvalue weighted by Gasteiger charge is -2.36. The molecule has 0 unspecified atom stereocenters. The van der Waals surface area contributed by atoms with Gasteiger partial charge in [-0.3, -0.25) is 0 Å². The molecule has 0 N–H and O–H groups in total. The van der Waals surface area contributed by atoms with Crippen molar-refractivity contribution in [2.45, 2.75) is 67.7 Å². The van der Waals surface area contributed by atoms with E-state index in [2.05, 4.69) is 223 Å². The van der Waals surface area contributed by atoms with Crippen LogP contribution in [0.25, 0.3) is 32.3 Å². The second kappa shape index (κ2) is 13.5. The Kier molecular flexibility index (Phi) is 8.40. The molecule has 59 heavy (non-hydrogen) atoms. The molecule has 10 rings (SSSR count). The summed E-state index contributed by atoms with van der Waals surface area (Å²) >= 11 is 0. The van der Waals surface area contributed by atoms with Crippen molar-refractivity contribution in [3.63, 3.8) is 0 Å². The van der Waals surface area contributed by atoms with E-state index in [1.807, 2.05) is 0 Å². The van der Waals surface area contributed by atoms with Gasteiger partial charge in [-0.25, -0.2) is 0 Å². The Hall–Kier alpha value is -6.58. The molecule has 3 nitrogen and oxygen atoms in total. The topological polar surface area (TPSA) is 9.72 Å². The number of anilines is 9. The number of rotatable bonds is 3. The summed E-state index contributed by atoms with van der Waals surface area (Å²) in [5.74, 6) is 0. The maximum atomic E-state index is 2.55. The molecular formula is C56H51N3. The average Bonchev–Trinajstić information content (AvgIpc) is 3.19. The summed E-state index contributed by atoms with van der Waals surface area (Å²) in [4.78, 5) is 7.50. The van der Waals surface area contributed by atoms with Crippen molar-refractivity contribution in [3.8, 4) is 0 Å². The van der Waals surface area contributed by atoms with Crippen LogP contribution >= 0.6 is 0 Å². The number of nitrogens with zero attached hydrogens (tertiary/aromatic N) is 3. The fourth-order valence-electron chi connectivity index (χ4n) is 10.1.